The van der Waals surface area contributed by atoms with Gasteiger partial charge in [0.1, 0.15) is 0 Å². The third-order valence-corrected chi connectivity index (χ3v) is 4.70. The van der Waals surface area contributed by atoms with Gasteiger partial charge >= 0.3 is 0 Å². The molecule has 0 bridgehead atoms. The van der Waals surface area contributed by atoms with Crippen LogP contribution in [-0.4, -0.2) is 29.3 Å². The van der Waals surface area contributed by atoms with Gasteiger partial charge in [0.25, 0.3) is 0 Å². The number of aryl methyl sites for hydroxylation is 1. The van der Waals surface area contributed by atoms with Crippen molar-refractivity contribution in [3.63, 3.8) is 0 Å². The van der Waals surface area contributed by atoms with Gasteiger partial charge in [-0.3, -0.25) is 9.69 Å². The van der Waals surface area contributed by atoms with Gasteiger partial charge in [-0.05, 0) is 55.2 Å². The molecule has 0 spiro atoms. The maximum Gasteiger partial charge on any atom is 0.153 e. The second-order valence-corrected chi connectivity index (χ2v) is 5.63. The van der Waals surface area contributed by atoms with Crippen LogP contribution in [0.25, 0.3) is 0 Å². The number of Topliss-reactive ketones (excluding diaryl/α,β-unsaturated/α-hetero) is 1. The molecule has 1 aromatic heterocycles. The fraction of sp³-hybridized carbons (Fsp3) is 0.667. The van der Waals surface area contributed by atoms with Crippen LogP contribution in [0.3, 0.4) is 0 Å². The van der Waals surface area contributed by atoms with E-state index in [-0.39, 0.29) is 5.54 Å². The SMILES string of the molecule is CCN(CC)C(C)(CC)C(=O)CCc1ccsc1. The Kier molecular flexibility index (Phi) is 6.03. The normalized spacial score (nSPS) is 14.7. The fourth-order valence-corrected chi connectivity index (χ4v) is 3.18. The lowest BCUT2D eigenvalue weighted by molar-refractivity contribution is -0.130. The van der Waals surface area contributed by atoms with Crippen LogP contribution in [0.2, 0.25) is 0 Å². The van der Waals surface area contributed by atoms with E-state index in [1.54, 1.807) is 11.3 Å². The van der Waals surface area contributed by atoms with Crippen LogP contribution < -0.4 is 0 Å². The van der Waals surface area contributed by atoms with Crippen LogP contribution >= 0.6 is 11.3 Å². The van der Waals surface area contributed by atoms with Crippen LogP contribution in [0.5, 0.6) is 0 Å². The van der Waals surface area contributed by atoms with Gasteiger partial charge in [-0.25, -0.2) is 0 Å². The highest BCUT2D eigenvalue weighted by Crippen LogP contribution is 2.23. The molecule has 18 heavy (non-hydrogen) atoms. The quantitative estimate of drug-likeness (QED) is 0.715. The number of rotatable bonds is 8. The predicted octanol–water partition coefficient (Wildman–Crippen LogP) is 3.76. The summed E-state index contributed by atoms with van der Waals surface area (Å²) >= 11 is 1.70. The van der Waals surface area contributed by atoms with E-state index in [1.807, 2.05) is 0 Å². The highest BCUT2D eigenvalue weighted by atomic mass is 32.1. The van der Waals surface area contributed by atoms with Crippen molar-refractivity contribution in [2.75, 3.05) is 13.1 Å². The maximum atomic E-state index is 12.5. The third-order valence-electron chi connectivity index (χ3n) is 3.97. The molecule has 1 atom stereocenters. The predicted molar refractivity (Wildman–Crippen MR) is 79.3 cm³/mol. The number of likely N-dealkylation sites (N-methyl/N-ethyl adjacent to an activating group) is 1. The van der Waals surface area contributed by atoms with Gasteiger partial charge in [-0.15, -0.1) is 0 Å². The molecule has 1 rings (SSSR count). The lowest BCUT2D eigenvalue weighted by Gasteiger charge is -2.38. The number of ketones is 1. The molecule has 1 aromatic rings. The van der Waals surface area contributed by atoms with Crippen LogP contribution in [-0.2, 0) is 11.2 Å². The lowest BCUT2D eigenvalue weighted by Crippen LogP contribution is -2.52. The third kappa shape index (κ3) is 3.42. The average Bonchev–Trinajstić information content (AvgIpc) is 2.90. The standard InChI is InChI=1S/C15H25NOS/c1-5-15(4,16(6-2)7-3)14(17)9-8-13-10-11-18-12-13/h10-12H,5-9H2,1-4H3. The van der Waals surface area contributed by atoms with E-state index in [0.29, 0.717) is 12.2 Å². The molecule has 1 unspecified atom stereocenters. The summed E-state index contributed by atoms with van der Waals surface area (Å²) in [6, 6.07) is 2.11. The van der Waals surface area contributed by atoms with E-state index in [9.17, 15) is 4.79 Å². The minimum absolute atomic E-state index is 0.292. The maximum absolute atomic E-state index is 12.5. The molecule has 0 amide bonds. The number of hydrogen-bond donors (Lipinski definition) is 0. The summed E-state index contributed by atoms with van der Waals surface area (Å²) in [5, 5.41) is 4.21. The molecule has 0 radical (unpaired) electrons. The Balaban J connectivity index is 2.66. The molecule has 0 saturated carbocycles. The van der Waals surface area contributed by atoms with Crippen molar-refractivity contribution in [1.29, 1.82) is 0 Å². The molecule has 0 aliphatic carbocycles. The van der Waals surface area contributed by atoms with Gasteiger partial charge in [-0.2, -0.15) is 11.3 Å². The Labute approximate surface area is 115 Å². The summed E-state index contributed by atoms with van der Waals surface area (Å²) in [6.07, 6.45) is 2.41. The number of nitrogens with zero attached hydrogens (tertiary/aromatic N) is 1. The molecule has 0 N–H and O–H groups in total. The Morgan fingerprint density at radius 2 is 2.00 bits per heavy atom. The first-order chi connectivity index (χ1) is 8.58. The van der Waals surface area contributed by atoms with Gasteiger partial charge in [0, 0.05) is 6.42 Å². The summed E-state index contributed by atoms with van der Waals surface area (Å²) in [5.74, 6) is 0.375. The molecule has 0 aliphatic heterocycles. The Morgan fingerprint density at radius 1 is 1.33 bits per heavy atom. The van der Waals surface area contributed by atoms with Crippen molar-refractivity contribution >= 4 is 17.1 Å². The molecule has 3 heteroatoms. The van der Waals surface area contributed by atoms with E-state index in [2.05, 4.69) is 49.4 Å². The molecule has 0 aliphatic rings. The minimum atomic E-state index is -0.292. The minimum Gasteiger partial charge on any atom is -0.298 e. The number of hydrogen-bond acceptors (Lipinski definition) is 3. The zero-order chi connectivity index (χ0) is 13.6. The zero-order valence-corrected chi connectivity index (χ0v) is 12.8. The fourth-order valence-electron chi connectivity index (χ4n) is 2.48. The first-order valence-corrected chi connectivity index (χ1v) is 7.82. The number of thiophene rings is 1. The van der Waals surface area contributed by atoms with Crippen molar-refractivity contribution in [3.8, 4) is 0 Å². The molecule has 1 heterocycles. The molecule has 0 saturated heterocycles. The highest BCUT2D eigenvalue weighted by Gasteiger charge is 2.35. The second kappa shape index (κ2) is 7.05. The summed E-state index contributed by atoms with van der Waals surface area (Å²) < 4.78 is 0. The summed E-state index contributed by atoms with van der Waals surface area (Å²) in [6.45, 7) is 10.3. The van der Waals surface area contributed by atoms with E-state index in [1.165, 1.54) is 5.56 Å². The van der Waals surface area contributed by atoms with Crippen LogP contribution in [0, 0.1) is 0 Å². The van der Waals surface area contributed by atoms with Gasteiger partial charge in [0.05, 0.1) is 5.54 Å². The summed E-state index contributed by atoms with van der Waals surface area (Å²) in [4.78, 5) is 14.8. The average molecular weight is 267 g/mol. The monoisotopic (exact) mass is 267 g/mol. The van der Waals surface area contributed by atoms with E-state index in [0.717, 1.165) is 25.9 Å². The van der Waals surface area contributed by atoms with Crippen molar-refractivity contribution < 1.29 is 4.79 Å². The molecule has 0 fully saturated rings. The molecule has 102 valence electrons. The Morgan fingerprint density at radius 3 is 2.44 bits per heavy atom. The smallest absolute Gasteiger partial charge is 0.153 e. The first-order valence-electron chi connectivity index (χ1n) is 6.87. The van der Waals surface area contributed by atoms with E-state index >= 15 is 0 Å². The molecular formula is C15H25NOS. The molecule has 2 nitrogen and oxygen atoms in total. The second-order valence-electron chi connectivity index (χ2n) is 4.85. The number of carbonyl (C=O) groups excluding carboxylic acids is 1. The number of carbonyl (C=O) groups is 1. The van der Waals surface area contributed by atoms with E-state index < -0.39 is 0 Å². The Hall–Kier alpha value is -0.670. The topological polar surface area (TPSA) is 20.3 Å². The van der Waals surface area contributed by atoms with Crippen molar-refractivity contribution in [2.24, 2.45) is 0 Å². The van der Waals surface area contributed by atoms with Crippen molar-refractivity contribution in [2.45, 2.75) is 52.5 Å². The lowest BCUT2D eigenvalue weighted by atomic mass is 9.87. The summed E-state index contributed by atoms with van der Waals surface area (Å²) in [7, 11) is 0. The van der Waals surface area contributed by atoms with Crippen LogP contribution in [0.4, 0.5) is 0 Å². The van der Waals surface area contributed by atoms with Crippen LogP contribution in [0.1, 0.15) is 46.1 Å². The van der Waals surface area contributed by atoms with Gasteiger partial charge in [0.15, 0.2) is 5.78 Å². The first kappa shape index (κ1) is 15.4. The Bertz CT molecular complexity index is 357. The van der Waals surface area contributed by atoms with E-state index in [4.69, 9.17) is 0 Å². The highest BCUT2D eigenvalue weighted by molar-refractivity contribution is 7.07. The summed E-state index contributed by atoms with van der Waals surface area (Å²) in [5.41, 5.74) is 0.992. The zero-order valence-electron chi connectivity index (χ0n) is 12.0. The van der Waals surface area contributed by atoms with Gasteiger partial charge in [0.2, 0.25) is 0 Å². The molecular weight excluding hydrogens is 242 g/mol. The van der Waals surface area contributed by atoms with Crippen molar-refractivity contribution in [1.82, 2.24) is 4.90 Å². The van der Waals surface area contributed by atoms with Gasteiger partial charge < -0.3 is 0 Å². The van der Waals surface area contributed by atoms with Gasteiger partial charge in [-0.1, -0.05) is 20.8 Å². The van der Waals surface area contributed by atoms with Crippen molar-refractivity contribution in [3.05, 3.63) is 22.4 Å². The largest absolute Gasteiger partial charge is 0.298 e. The van der Waals surface area contributed by atoms with Crippen LogP contribution in [0.15, 0.2) is 16.8 Å². The molecule has 0 aromatic carbocycles.